The Kier molecular flexibility index (Phi) is 11.2. The van der Waals surface area contributed by atoms with Gasteiger partial charge < -0.3 is 33.7 Å². The second-order valence-corrected chi connectivity index (χ2v) is 8.78. The van der Waals surface area contributed by atoms with Crippen LogP contribution >= 0.6 is 34.8 Å². The van der Waals surface area contributed by atoms with Gasteiger partial charge in [0.1, 0.15) is 25.4 Å². The minimum atomic E-state index is -2.31. The van der Waals surface area contributed by atoms with Gasteiger partial charge in [-0.3, -0.25) is 19.8 Å². The summed E-state index contributed by atoms with van der Waals surface area (Å²) < 4.78 is 28.9. The third kappa shape index (κ3) is 9.62. The Bertz CT molecular complexity index is 773. The molecular formula is C18H23Cl3N2O10. The predicted molar refractivity (Wildman–Crippen MR) is 114 cm³/mol. The van der Waals surface area contributed by atoms with Gasteiger partial charge in [0, 0.05) is 20.8 Å². The van der Waals surface area contributed by atoms with Crippen LogP contribution in [0.4, 0.5) is 4.79 Å². The maximum absolute atomic E-state index is 12.2. The number of carbonyl (C=O) groups excluding carboxylic acids is 4. The highest BCUT2D eigenvalue weighted by Gasteiger charge is 2.53. The van der Waals surface area contributed by atoms with E-state index in [-0.39, 0.29) is 6.61 Å². The minimum absolute atomic E-state index is 0.171. The first-order chi connectivity index (χ1) is 15.3. The fourth-order valence-electron chi connectivity index (χ4n) is 2.65. The molecule has 1 fully saturated rings. The van der Waals surface area contributed by atoms with Gasteiger partial charge in [0.25, 0.3) is 3.79 Å². The molecule has 0 bridgehead atoms. The highest BCUT2D eigenvalue weighted by atomic mass is 35.6. The monoisotopic (exact) mass is 532 g/mol. The number of amides is 1. The van der Waals surface area contributed by atoms with Crippen molar-refractivity contribution in [2.75, 3.05) is 13.2 Å². The average Bonchev–Trinajstić information content (AvgIpc) is 2.67. The molecule has 15 heteroatoms. The maximum atomic E-state index is 12.2. The van der Waals surface area contributed by atoms with Gasteiger partial charge in [-0.05, 0) is 0 Å². The third-order valence-electron chi connectivity index (χ3n) is 3.81. The van der Waals surface area contributed by atoms with Crippen LogP contribution in [-0.2, 0) is 42.8 Å². The Morgan fingerprint density at radius 3 is 2.06 bits per heavy atom. The molecule has 186 valence electrons. The summed E-state index contributed by atoms with van der Waals surface area (Å²) >= 11 is 17.0. The van der Waals surface area contributed by atoms with Crippen LogP contribution in [-0.4, -0.2) is 77.5 Å². The van der Waals surface area contributed by atoms with Gasteiger partial charge in [-0.2, -0.15) is 0 Å². The molecule has 2 N–H and O–H groups in total. The molecule has 0 aromatic heterocycles. The normalized spacial score (nSPS) is 24.6. The number of rotatable bonds is 8. The van der Waals surface area contributed by atoms with E-state index >= 15 is 0 Å². The van der Waals surface area contributed by atoms with E-state index in [0.717, 1.165) is 20.8 Å². The van der Waals surface area contributed by atoms with E-state index in [0.29, 0.717) is 0 Å². The largest absolute Gasteiger partial charge is 0.463 e. The molecular weight excluding hydrogens is 511 g/mol. The molecule has 5 atom stereocenters. The van der Waals surface area contributed by atoms with Crippen LogP contribution in [0, 0.1) is 5.41 Å². The van der Waals surface area contributed by atoms with Crippen LogP contribution in [0.3, 0.4) is 0 Å². The van der Waals surface area contributed by atoms with Crippen molar-refractivity contribution in [2.45, 2.75) is 55.2 Å². The van der Waals surface area contributed by atoms with Gasteiger partial charge in [0.15, 0.2) is 12.2 Å². The SMILES string of the molecule is C=CCOC(=O)N[C@H]1[C@@H](OC(=N)C(Cl)(Cl)Cl)O[C@H](COC(C)=O)[C@@H](OC(C)=O)[C@@H]1OC(C)=O. The average molecular weight is 534 g/mol. The fourth-order valence-corrected chi connectivity index (χ4v) is 2.79. The molecule has 0 aromatic carbocycles. The van der Waals surface area contributed by atoms with E-state index in [1.165, 1.54) is 6.08 Å². The van der Waals surface area contributed by atoms with Crippen LogP contribution in [0.15, 0.2) is 12.7 Å². The first kappa shape index (κ1) is 28.8. The molecule has 0 aromatic rings. The van der Waals surface area contributed by atoms with Crippen molar-refractivity contribution in [2.24, 2.45) is 0 Å². The zero-order chi connectivity index (χ0) is 25.3. The smallest absolute Gasteiger partial charge is 0.408 e. The van der Waals surface area contributed by atoms with E-state index in [1.807, 2.05) is 0 Å². The van der Waals surface area contributed by atoms with Crippen molar-refractivity contribution < 1.29 is 47.6 Å². The number of hydrogen-bond donors (Lipinski definition) is 2. The molecule has 1 saturated heterocycles. The highest BCUT2D eigenvalue weighted by Crippen LogP contribution is 2.32. The standard InChI is InChI=1S/C18H23Cl3N2O10/c1-5-6-28-17(27)23-12-14(31-10(4)26)13(30-9(3)25)11(7-29-8(2)24)32-15(12)33-16(22)18(19,20)21/h5,11-15,22H,1,6-7H2,2-4H3,(H,23,27)/t11-,12-,13-,14-,15-/m1/s1. The van der Waals surface area contributed by atoms with E-state index in [9.17, 15) is 19.2 Å². The number of nitrogens with one attached hydrogen (secondary N) is 2. The molecule has 0 spiro atoms. The molecule has 1 heterocycles. The van der Waals surface area contributed by atoms with E-state index in [4.69, 9.17) is 68.6 Å². The molecule has 1 rings (SSSR count). The summed E-state index contributed by atoms with van der Waals surface area (Å²) in [6.07, 6.45) is -5.46. The molecule has 0 unspecified atom stereocenters. The summed E-state index contributed by atoms with van der Waals surface area (Å²) in [5.41, 5.74) is 0. The number of esters is 3. The van der Waals surface area contributed by atoms with E-state index in [1.54, 1.807) is 0 Å². The summed E-state index contributed by atoms with van der Waals surface area (Å²) in [5.74, 6) is -3.21. The van der Waals surface area contributed by atoms with Crippen molar-refractivity contribution in [3.05, 3.63) is 12.7 Å². The maximum Gasteiger partial charge on any atom is 0.408 e. The third-order valence-corrected chi connectivity index (χ3v) is 4.32. The molecule has 1 amide bonds. The Hall–Kier alpha value is -2.28. The zero-order valence-corrected chi connectivity index (χ0v) is 20.1. The number of alkyl halides is 3. The summed E-state index contributed by atoms with van der Waals surface area (Å²) in [4.78, 5) is 47.1. The molecule has 0 aliphatic carbocycles. The van der Waals surface area contributed by atoms with Gasteiger partial charge in [-0.1, -0.05) is 47.5 Å². The molecule has 1 aliphatic heterocycles. The molecule has 1 aliphatic rings. The van der Waals surface area contributed by atoms with E-state index in [2.05, 4.69) is 11.9 Å². The van der Waals surface area contributed by atoms with Crippen molar-refractivity contribution in [3.8, 4) is 0 Å². The predicted octanol–water partition coefficient (Wildman–Crippen LogP) is 1.78. The lowest BCUT2D eigenvalue weighted by atomic mass is 9.96. The van der Waals surface area contributed by atoms with Gasteiger partial charge in [-0.25, -0.2) is 4.79 Å². The van der Waals surface area contributed by atoms with Gasteiger partial charge >= 0.3 is 24.0 Å². The number of hydrogen-bond acceptors (Lipinski definition) is 11. The van der Waals surface area contributed by atoms with Gasteiger partial charge in [0.05, 0.1) is 0 Å². The Balaban J connectivity index is 3.41. The number of halogens is 3. The topological polar surface area (TPSA) is 160 Å². The Morgan fingerprint density at radius 1 is 1.00 bits per heavy atom. The Morgan fingerprint density at radius 2 is 1.58 bits per heavy atom. The van der Waals surface area contributed by atoms with Gasteiger partial charge in [-0.15, -0.1) is 0 Å². The first-order valence-electron chi connectivity index (χ1n) is 9.26. The molecule has 0 saturated carbocycles. The first-order valence-corrected chi connectivity index (χ1v) is 10.4. The van der Waals surface area contributed by atoms with Crippen LogP contribution in [0.5, 0.6) is 0 Å². The van der Waals surface area contributed by atoms with Crippen molar-refractivity contribution >= 4 is 64.7 Å². The number of ether oxygens (including phenoxy) is 6. The van der Waals surface area contributed by atoms with Crippen LogP contribution < -0.4 is 5.32 Å². The van der Waals surface area contributed by atoms with E-state index < -0.39 is 70.9 Å². The van der Waals surface area contributed by atoms with Crippen LogP contribution in [0.1, 0.15) is 20.8 Å². The second kappa shape index (κ2) is 12.8. The second-order valence-electron chi connectivity index (χ2n) is 6.50. The summed E-state index contributed by atoms with van der Waals surface area (Å²) in [6, 6.07) is -1.43. The lowest BCUT2D eigenvalue weighted by Gasteiger charge is -2.44. The van der Waals surface area contributed by atoms with Crippen molar-refractivity contribution in [1.29, 1.82) is 5.41 Å². The summed E-state index contributed by atoms with van der Waals surface area (Å²) in [7, 11) is 0. The lowest BCUT2D eigenvalue weighted by molar-refractivity contribution is -0.260. The van der Waals surface area contributed by atoms with Gasteiger partial charge in [0.2, 0.25) is 12.2 Å². The quantitative estimate of drug-likeness (QED) is 0.118. The summed E-state index contributed by atoms with van der Waals surface area (Å²) in [6.45, 7) is 6.03. The van der Waals surface area contributed by atoms with Crippen LogP contribution in [0.25, 0.3) is 0 Å². The fraction of sp³-hybridized carbons (Fsp3) is 0.611. The van der Waals surface area contributed by atoms with Crippen molar-refractivity contribution in [3.63, 3.8) is 0 Å². The lowest BCUT2D eigenvalue weighted by Crippen LogP contribution is -2.67. The molecule has 0 radical (unpaired) electrons. The van der Waals surface area contributed by atoms with Crippen LogP contribution in [0.2, 0.25) is 0 Å². The number of carbonyl (C=O) groups is 4. The molecule has 33 heavy (non-hydrogen) atoms. The minimum Gasteiger partial charge on any atom is -0.463 e. The number of alkyl carbamates (subject to hydrolysis) is 1. The van der Waals surface area contributed by atoms with Crippen molar-refractivity contribution in [1.82, 2.24) is 5.32 Å². The zero-order valence-electron chi connectivity index (χ0n) is 17.8. The Labute approximate surface area is 204 Å². The highest BCUT2D eigenvalue weighted by molar-refractivity contribution is 6.76. The summed E-state index contributed by atoms with van der Waals surface area (Å²) in [5, 5.41) is 10.2. The molecule has 12 nitrogen and oxygen atoms in total.